The van der Waals surface area contributed by atoms with Crippen molar-refractivity contribution < 1.29 is 33.6 Å². The molecule has 5 rings (SSSR count). The van der Waals surface area contributed by atoms with Crippen molar-refractivity contribution in [3.05, 3.63) is 60.2 Å². The Bertz CT molecular complexity index is 1850. The number of carbonyl (C=O) groups excluding carboxylic acids is 7. The lowest BCUT2D eigenvalue weighted by Crippen LogP contribution is -2.62. The van der Waals surface area contributed by atoms with Crippen LogP contribution in [-0.2, 0) is 28.8 Å². The lowest BCUT2D eigenvalue weighted by atomic mass is 9.82. The summed E-state index contributed by atoms with van der Waals surface area (Å²) in [6.45, 7) is 11.2. The minimum atomic E-state index is -1.18. The molecule has 16 nitrogen and oxygen atoms in total. The molecule has 0 bridgehead atoms. The van der Waals surface area contributed by atoms with Gasteiger partial charge in [0.1, 0.15) is 29.5 Å². The van der Waals surface area contributed by atoms with E-state index in [9.17, 15) is 28.8 Å². The van der Waals surface area contributed by atoms with Gasteiger partial charge in [-0.2, -0.15) is 0 Å². The lowest BCUT2D eigenvalue weighted by Gasteiger charge is -2.40. The van der Waals surface area contributed by atoms with Crippen molar-refractivity contribution in [2.45, 2.75) is 129 Å². The van der Waals surface area contributed by atoms with Crippen LogP contribution >= 0.6 is 0 Å². The van der Waals surface area contributed by atoms with Crippen molar-refractivity contribution in [2.24, 2.45) is 11.3 Å². The largest absolute Gasteiger partial charge is 0.344 e. The number of hydrogen-bond acceptors (Lipinski definition) is 10. The molecule has 2 aliphatic heterocycles. The number of rotatable bonds is 15. The highest BCUT2D eigenvalue weighted by Crippen LogP contribution is 2.40. The summed E-state index contributed by atoms with van der Waals surface area (Å²) in [5.41, 5.74) is -1.06. The molecule has 3 heterocycles. The van der Waals surface area contributed by atoms with Gasteiger partial charge in [0.2, 0.25) is 29.4 Å². The zero-order chi connectivity index (χ0) is 43.1. The van der Waals surface area contributed by atoms with Gasteiger partial charge >= 0.3 is 0 Å². The Kier molecular flexibility index (Phi) is 14.6. The molecule has 1 aromatic carbocycles. The van der Waals surface area contributed by atoms with Crippen molar-refractivity contribution in [1.29, 1.82) is 0 Å². The number of amides is 6. The van der Waals surface area contributed by atoms with Gasteiger partial charge < -0.3 is 31.1 Å². The van der Waals surface area contributed by atoms with E-state index in [1.54, 1.807) is 39.6 Å². The summed E-state index contributed by atoms with van der Waals surface area (Å²) in [6, 6.07) is 4.24. The van der Waals surface area contributed by atoms with Crippen molar-refractivity contribution in [2.75, 3.05) is 26.7 Å². The molecule has 6 amide bonds. The Balaban J connectivity index is 1.43. The summed E-state index contributed by atoms with van der Waals surface area (Å²) in [6.07, 6.45) is 9.05. The Morgan fingerprint density at radius 3 is 2.24 bits per heavy atom. The third-order valence-electron chi connectivity index (χ3n) is 12.1. The molecule has 1 spiro atoms. The Labute approximate surface area is 347 Å². The van der Waals surface area contributed by atoms with E-state index >= 15 is 4.79 Å². The van der Waals surface area contributed by atoms with Crippen LogP contribution in [0.1, 0.15) is 115 Å². The first kappa shape index (κ1) is 44.8. The van der Waals surface area contributed by atoms with Gasteiger partial charge in [-0.3, -0.25) is 43.4 Å². The second-order valence-electron chi connectivity index (χ2n) is 17.2. The minimum Gasteiger partial charge on any atom is -0.344 e. The van der Waals surface area contributed by atoms with Crippen LogP contribution in [0.3, 0.4) is 0 Å². The van der Waals surface area contributed by atoms with Crippen LogP contribution in [-0.4, -0.2) is 122 Å². The minimum absolute atomic E-state index is 0.0363. The molecule has 16 heteroatoms. The van der Waals surface area contributed by atoms with Crippen molar-refractivity contribution >= 4 is 41.2 Å². The first-order valence-electron chi connectivity index (χ1n) is 20.9. The Morgan fingerprint density at radius 1 is 0.932 bits per heavy atom. The number of aromatic nitrogens is 2. The Hall–Kier alpha value is -5.25. The third kappa shape index (κ3) is 10.1. The zero-order valence-corrected chi connectivity index (χ0v) is 35.5. The molecule has 320 valence electrons. The second-order valence-corrected chi connectivity index (χ2v) is 17.2. The predicted octanol–water partition coefficient (Wildman–Crippen LogP) is 2.51. The predicted molar refractivity (Wildman–Crippen MR) is 219 cm³/mol. The maximum Gasteiger partial charge on any atom is 0.290 e. The molecule has 6 atom stereocenters. The first-order chi connectivity index (χ1) is 28.0. The Morgan fingerprint density at radius 2 is 1.63 bits per heavy atom. The lowest BCUT2D eigenvalue weighted by molar-refractivity contribution is -0.145. The molecule has 1 aliphatic carbocycles. The summed E-state index contributed by atoms with van der Waals surface area (Å²) >= 11 is 0. The van der Waals surface area contributed by atoms with Gasteiger partial charge in [0, 0.05) is 25.4 Å². The van der Waals surface area contributed by atoms with E-state index in [-0.39, 0.29) is 43.5 Å². The van der Waals surface area contributed by atoms with Gasteiger partial charge in [0.25, 0.3) is 11.8 Å². The average molecular weight is 816 g/mol. The summed E-state index contributed by atoms with van der Waals surface area (Å²) in [4.78, 5) is 111. The van der Waals surface area contributed by atoms with Crippen molar-refractivity contribution in [3.63, 3.8) is 0 Å². The van der Waals surface area contributed by atoms with E-state index in [1.165, 1.54) is 23.5 Å². The van der Waals surface area contributed by atoms with Gasteiger partial charge in [-0.1, -0.05) is 83.7 Å². The molecular weight excluding hydrogens is 755 g/mol. The molecule has 4 N–H and O–H groups in total. The quantitative estimate of drug-likeness (QED) is 0.194. The monoisotopic (exact) mass is 815 g/mol. The van der Waals surface area contributed by atoms with E-state index in [0.717, 1.165) is 24.8 Å². The topological polar surface area (TPSA) is 203 Å². The highest BCUT2D eigenvalue weighted by molar-refractivity contribution is 6.38. The van der Waals surface area contributed by atoms with Crippen LogP contribution in [0.4, 0.5) is 0 Å². The molecular formula is C43H61N9O7. The van der Waals surface area contributed by atoms with Gasteiger partial charge in [0.15, 0.2) is 0 Å². The molecule has 2 saturated heterocycles. The van der Waals surface area contributed by atoms with E-state index in [2.05, 4.69) is 31.2 Å². The number of benzene rings is 1. The van der Waals surface area contributed by atoms with Crippen LogP contribution in [0, 0.1) is 11.3 Å². The van der Waals surface area contributed by atoms with Gasteiger partial charge in [-0.15, -0.1) is 0 Å². The van der Waals surface area contributed by atoms with Gasteiger partial charge in [0.05, 0.1) is 31.4 Å². The van der Waals surface area contributed by atoms with Crippen LogP contribution in [0.25, 0.3) is 0 Å². The van der Waals surface area contributed by atoms with Crippen LogP contribution in [0.2, 0.25) is 0 Å². The number of ketones is 1. The maximum atomic E-state index is 15.1. The fourth-order valence-electron chi connectivity index (χ4n) is 8.77. The van der Waals surface area contributed by atoms with Gasteiger partial charge in [-0.25, -0.2) is 4.98 Å². The fraction of sp³-hybridized carbons (Fsp3) is 0.605. The molecule has 1 saturated carbocycles. The number of Topliss-reactive ketones (excluding diaryl/α,β-unsaturated/α-hetero) is 1. The van der Waals surface area contributed by atoms with Crippen LogP contribution < -0.4 is 21.3 Å². The maximum absolute atomic E-state index is 15.1. The SMILES string of the molecule is CCCC(NC(=O)[C@@H]1CC2(CN1C(=O)C(NC(=O)C(NC(=O)c1cnccn1)C1CCCCC1)C(C)(C)C)N(C)CC(=O)N2CC)C(=O)C(=O)N[C@@H](C)c1ccccc1. The molecule has 3 aliphatic rings. The molecule has 4 unspecified atom stereocenters. The van der Waals surface area contributed by atoms with E-state index < -0.39 is 76.6 Å². The molecule has 59 heavy (non-hydrogen) atoms. The van der Waals surface area contributed by atoms with Crippen LogP contribution in [0.15, 0.2) is 48.9 Å². The molecule has 3 fully saturated rings. The fourth-order valence-corrected chi connectivity index (χ4v) is 8.77. The number of nitrogens with zero attached hydrogens (tertiary/aromatic N) is 5. The standard InChI is InChI=1S/C43H61N9O7/c1-8-16-30(35(54)40(58)46-27(3)28-17-12-10-13-18-28)47-38(56)32-23-43(50(7)25-33(53)52(43)9-2)26-51(32)41(59)36(42(4,5)6)49-39(57)34(29-19-14-11-15-20-29)48-37(55)31-24-44-21-22-45-31/h10,12-13,17-18,21-22,24,27,29-30,32,34,36H,8-9,11,14-16,19-20,23,25-26H2,1-7H3,(H,46,58)(H,47,56)(H,48,55)(H,49,57)/t27-,30?,32-,34?,36?,43?/m0/s1. The third-order valence-corrected chi connectivity index (χ3v) is 12.1. The normalized spacial score (nSPS) is 22.0. The number of hydrogen-bond donors (Lipinski definition) is 4. The number of nitrogens with one attached hydrogen (secondary N) is 4. The number of carbonyl (C=O) groups is 7. The van der Waals surface area contributed by atoms with Crippen LogP contribution in [0.5, 0.6) is 0 Å². The summed E-state index contributed by atoms with van der Waals surface area (Å²) < 4.78 is 0. The molecule has 1 aromatic heterocycles. The summed E-state index contributed by atoms with van der Waals surface area (Å²) in [5, 5.41) is 11.4. The van der Waals surface area contributed by atoms with Gasteiger partial charge in [-0.05, 0) is 57.1 Å². The first-order valence-corrected chi connectivity index (χ1v) is 20.9. The van der Waals surface area contributed by atoms with E-state index in [0.29, 0.717) is 25.8 Å². The molecule has 2 aromatic rings. The zero-order valence-electron chi connectivity index (χ0n) is 35.5. The van der Waals surface area contributed by atoms with E-state index in [4.69, 9.17) is 0 Å². The number of likely N-dealkylation sites (tertiary alicyclic amines) is 1. The van der Waals surface area contributed by atoms with Crippen molar-refractivity contribution in [1.82, 2.24) is 45.9 Å². The smallest absolute Gasteiger partial charge is 0.290 e. The second kappa shape index (κ2) is 19.2. The summed E-state index contributed by atoms with van der Waals surface area (Å²) in [5.74, 6) is -4.30. The van der Waals surface area contributed by atoms with Crippen molar-refractivity contribution in [3.8, 4) is 0 Å². The summed E-state index contributed by atoms with van der Waals surface area (Å²) in [7, 11) is 1.77. The highest BCUT2D eigenvalue weighted by Gasteiger charge is 2.59. The molecule has 0 radical (unpaired) electrons. The van der Waals surface area contributed by atoms with E-state index in [1.807, 2.05) is 49.1 Å². The average Bonchev–Trinajstić information content (AvgIpc) is 3.74. The number of likely N-dealkylation sites (N-methyl/N-ethyl adjacent to an activating group) is 2. The highest BCUT2D eigenvalue weighted by atomic mass is 16.2.